The molecule has 2 saturated heterocycles. The van der Waals surface area contributed by atoms with Crippen LogP contribution in [0.25, 0.3) is 0 Å². The molecule has 0 bridgehead atoms. The van der Waals surface area contributed by atoms with Crippen molar-refractivity contribution < 1.29 is 23.9 Å². The van der Waals surface area contributed by atoms with Crippen molar-refractivity contribution in [2.45, 2.75) is 36.9 Å². The van der Waals surface area contributed by atoms with Crippen LogP contribution in [-0.2, 0) is 25.7 Å². The highest BCUT2D eigenvalue weighted by Crippen LogP contribution is 2.36. The van der Waals surface area contributed by atoms with Gasteiger partial charge in [-0.15, -0.1) is 11.8 Å². The maximum Gasteiger partial charge on any atom is 0.408 e. The molecule has 0 radical (unpaired) electrons. The third-order valence-electron chi connectivity index (χ3n) is 4.33. The van der Waals surface area contributed by atoms with Crippen LogP contribution < -0.4 is 5.32 Å². The van der Waals surface area contributed by atoms with Gasteiger partial charge in [-0.2, -0.15) is 0 Å². The Morgan fingerprint density at radius 3 is 2.76 bits per heavy atom. The summed E-state index contributed by atoms with van der Waals surface area (Å²) in [6.07, 6.45) is 0.608. The molecule has 1 N–H and O–H groups in total. The van der Waals surface area contributed by atoms with Crippen LogP contribution in [0.15, 0.2) is 30.3 Å². The highest BCUT2D eigenvalue weighted by atomic mass is 32.2. The van der Waals surface area contributed by atoms with Gasteiger partial charge < -0.3 is 19.7 Å². The van der Waals surface area contributed by atoms with E-state index in [4.69, 9.17) is 9.47 Å². The van der Waals surface area contributed by atoms with E-state index in [1.165, 1.54) is 7.11 Å². The summed E-state index contributed by atoms with van der Waals surface area (Å²) in [5.74, 6) is -0.155. The van der Waals surface area contributed by atoms with E-state index in [1.807, 2.05) is 30.3 Å². The third kappa shape index (κ3) is 3.89. The lowest BCUT2D eigenvalue weighted by atomic mass is 10.0. The number of thioether (sulfide) groups is 1. The van der Waals surface area contributed by atoms with Gasteiger partial charge in [-0.3, -0.25) is 4.79 Å². The fourth-order valence-electron chi connectivity index (χ4n) is 3.05. The minimum atomic E-state index is -0.676. The Morgan fingerprint density at radius 2 is 2.04 bits per heavy atom. The van der Waals surface area contributed by atoms with Crippen molar-refractivity contribution in [3.05, 3.63) is 35.9 Å². The molecule has 2 heterocycles. The lowest BCUT2D eigenvalue weighted by Crippen LogP contribution is -2.57. The number of hydrogen-bond acceptors (Lipinski definition) is 6. The van der Waals surface area contributed by atoms with Crippen LogP contribution in [0.4, 0.5) is 4.79 Å². The van der Waals surface area contributed by atoms with Crippen molar-refractivity contribution in [3.8, 4) is 0 Å². The van der Waals surface area contributed by atoms with Crippen molar-refractivity contribution >= 4 is 29.7 Å². The Bertz CT molecular complexity index is 654. The molecule has 0 aromatic heterocycles. The van der Waals surface area contributed by atoms with E-state index in [1.54, 1.807) is 16.7 Å². The summed E-state index contributed by atoms with van der Waals surface area (Å²) in [7, 11) is 1.31. The van der Waals surface area contributed by atoms with E-state index in [0.717, 1.165) is 5.56 Å². The van der Waals surface area contributed by atoms with Gasteiger partial charge in [0.15, 0.2) is 0 Å². The van der Waals surface area contributed by atoms with Crippen LogP contribution in [0.1, 0.15) is 18.4 Å². The van der Waals surface area contributed by atoms with Crippen LogP contribution in [0.5, 0.6) is 0 Å². The Morgan fingerprint density at radius 1 is 1.28 bits per heavy atom. The molecular formula is C17H20N2O5S. The van der Waals surface area contributed by atoms with Gasteiger partial charge in [0.2, 0.25) is 5.91 Å². The molecule has 1 aromatic carbocycles. The molecule has 0 aliphatic carbocycles. The topological polar surface area (TPSA) is 84.9 Å². The standard InChI is InChI=1S/C17H20N2O5S/c1-23-16(21)13-10-25-14-8-7-12(15(20)19(13)14)18-17(22)24-9-11-5-3-2-4-6-11/h2-6,12-14H,7-10H2,1H3,(H,18,22)/t12?,13-,14-/m1/s1. The summed E-state index contributed by atoms with van der Waals surface area (Å²) in [4.78, 5) is 38.1. The highest BCUT2D eigenvalue weighted by molar-refractivity contribution is 8.00. The normalized spacial score (nSPS) is 25.2. The van der Waals surface area contributed by atoms with E-state index in [9.17, 15) is 14.4 Å². The highest BCUT2D eigenvalue weighted by Gasteiger charge is 2.47. The van der Waals surface area contributed by atoms with Gasteiger partial charge in [0.1, 0.15) is 18.7 Å². The zero-order valence-corrected chi connectivity index (χ0v) is 14.7. The second kappa shape index (κ2) is 7.77. The second-order valence-corrected chi connectivity index (χ2v) is 7.12. The van der Waals surface area contributed by atoms with E-state index >= 15 is 0 Å². The SMILES string of the molecule is COC(=O)[C@H]1CS[C@@H]2CCC(NC(=O)OCc3ccccc3)C(=O)N12. The number of rotatable bonds is 4. The van der Waals surface area contributed by atoms with E-state index in [2.05, 4.69) is 5.32 Å². The molecule has 7 nitrogen and oxygen atoms in total. The molecular weight excluding hydrogens is 344 g/mol. The summed E-state index contributed by atoms with van der Waals surface area (Å²) < 4.78 is 9.95. The summed E-state index contributed by atoms with van der Waals surface area (Å²) in [5, 5.41) is 2.58. The van der Waals surface area contributed by atoms with Crippen LogP contribution in [-0.4, -0.2) is 53.2 Å². The number of nitrogens with zero attached hydrogens (tertiary/aromatic N) is 1. The van der Waals surface area contributed by atoms with Gasteiger partial charge in [-0.1, -0.05) is 30.3 Å². The number of fused-ring (bicyclic) bond motifs is 1. The van der Waals surface area contributed by atoms with Crippen LogP contribution in [0.3, 0.4) is 0 Å². The monoisotopic (exact) mass is 364 g/mol. The number of hydrogen-bond donors (Lipinski definition) is 1. The minimum absolute atomic E-state index is 0.0324. The predicted molar refractivity (Wildman–Crippen MR) is 91.7 cm³/mol. The summed E-state index contributed by atoms with van der Waals surface area (Å²) >= 11 is 1.57. The zero-order chi connectivity index (χ0) is 17.8. The quantitative estimate of drug-likeness (QED) is 0.816. The molecule has 3 atom stereocenters. The Balaban J connectivity index is 1.57. The molecule has 0 spiro atoms. The fraction of sp³-hybridized carbons (Fsp3) is 0.471. The smallest absolute Gasteiger partial charge is 0.408 e. The first-order valence-corrected chi connectivity index (χ1v) is 9.14. The lowest BCUT2D eigenvalue weighted by Gasteiger charge is -2.36. The largest absolute Gasteiger partial charge is 0.467 e. The Labute approximate surface area is 150 Å². The number of benzene rings is 1. The zero-order valence-electron chi connectivity index (χ0n) is 13.8. The molecule has 25 heavy (non-hydrogen) atoms. The van der Waals surface area contributed by atoms with Crippen LogP contribution >= 0.6 is 11.8 Å². The average Bonchev–Trinajstić information content (AvgIpc) is 3.07. The number of alkyl carbamates (subject to hydrolysis) is 1. The van der Waals surface area contributed by atoms with Crippen molar-refractivity contribution in [2.24, 2.45) is 0 Å². The van der Waals surface area contributed by atoms with Crippen LogP contribution in [0, 0.1) is 0 Å². The van der Waals surface area contributed by atoms with Crippen LogP contribution in [0.2, 0.25) is 0 Å². The fourth-order valence-corrected chi connectivity index (χ4v) is 4.47. The number of methoxy groups -OCH3 is 1. The number of amides is 2. The molecule has 1 unspecified atom stereocenters. The van der Waals surface area contributed by atoms with Gasteiger partial charge in [-0.25, -0.2) is 9.59 Å². The number of carbonyl (C=O) groups is 3. The maximum absolute atomic E-state index is 12.7. The number of ether oxygens (including phenoxy) is 2. The number of carbonyl (C=O) groups excluding carboxylic acids is 3. The molecule has 2 aliphatic rings. The number of piperidine rings is 1. The first-order chi connectivity index (χ1) is 12.1. The lowest BCUT2D eigenvalue weighted by molar-refractivity contribution is -0.153. The molecule has 2 aliphatic heterocycles. The van der Waals surface area contributed by atoms with Gasteiger partial charge in [0, 0.05) is 5.75 Å². The predicted octanol–water partition coefficient (Wildman–Crippen LogP) is 1.52. The summed E-state index contributed by atoms with van der Waals surface area (Å²) in [6.45, 7) is 0.139. The molecule has 134 valence electrons. The second-order valence-electron chi connectivity index (χ2n) is 5.91. The van der Waals surface area contributed by atoms with E-state index in [-0.39, 0.29) is 17.9 Å². The maximum atomic E-state index is 12.7. The molecule has 2 amide bonds. The van der Waals surface area contributed by atoms with Crippen molar-refractivity contribution in [2.75, 3.05) is 12.9 Å². The minimum Gasteiger partial charge on any atom is -0.467 e. The molecule has 8 heteroatoms. The number of esters is 1. The summed E-state index contributed by atoms with van der Waals surface area (Å²) in [5.41, 5.74) is 0.870. The van der Waals surface area contributed by atoms with Gasteiger partial charge in [0.05, 0.1) is 12.5 Å². The number of nitrogens with one attached hydrogen (secondary N) is 1. The molecule has 0 saturated carbocycles. The third-order valence-corrected chi connectivity index (χ3v) is 5.68. The van der Waals surface area contributed by atoms with Crippen molar-refractivity contribution in [1.82, 2.24) is 10.2 Å². The average molecular weight is 364 g/mol. The first kappa shape index (κ1) is 17.6. The molecule has 2 fully saturated rings. The first-order valence-electron chi connectivity index (χ1n) is 8.09. The van der Waals surface area contributed by atoms with Gasteiger partial charge >= 0.3 is 12.1 Å². The summed E-state index contributed by atoms with van der Waals surface area (Å²) in [6, 6.07) is 8.05. The van der Waals surface area contributed by atoms with E-state index < -0.39 is 24.1 Å². The Hall–Kier alpha value is -2.22. The van der Waals surface area contributed by atoms with E-state index in [0.29, 0.717) is 18.6 Å². The molecule has 1 aromatic rings. The van der Waals surface area contributed by atoms with Crippen molar-refractivity contribution in [3.63, 3.8) is 0 Å². The van der Waals surface area contributed by atoms with Gasteiger partial charge in [-0.05, 0) is 18.4 Å². The Kier molecular flexibility index (Phi) is 5.47. The van der Waals surface area contributed by atoms with Gasteiger partial charge in [0.25, 0.3) is 0 Å². The van der Waals surface area contributed by atoms with Crippen molar-refractivity contribution in [1.29, 1.82) is 0 Å². The molecule has 3 rings (SSSR count).